The Kier molecular flexibility index (Phi) is 10.3. The minimum absolute atomic E-state index is 0.258. The van der Waals surface area contributed by atoms with Crippen LogP contribution in [0.15, 0.2) is 109 Å². The summed E-state index contributed by atoms with van der Waals surface area (Å²) >= 11 is 0. The first-order valence-corrected chi connectivity index (χ1v) is 13.9. The van der Waals surface area contributed by atoms with E-state index < -0.39 is 17.9 Å². The highest BCUT2D eigenvalue weighted by Crippen LogP contribution is 2.23. The fourth-order valence-electron chi connectivity index (χ4n) is 3.83. The largest absolute Gasteiger partial charge is 0.423 e. The zero-order chi connectivity index (χ0) is 32.5. The van der Waals surface area contributed by atoms with E-state index >= 15 is 0 Å². The number of rotatable bonds is 12. The van der Waals surface area contributed by atoms with Gasteiger partial charge in [-0.2, -0.15) is 9.97 Å². The van der Waals surface area contributed by atoms with E-state index in [4.69, 9.17) is 19.2 Å². The number of ether oxygens (including phenoxy) is 3. The van der Waals surface area contributed by atoms with Crippen LogP contribution >= 0.6 is 0 Å². The standard InChI is InChI=1S/C35H32N4O6/c1-21(2)32(40)43-27-13-7-10-24(16-27)18-30-37-31(19-25-11-8-14-28(17-25)44-33(41)22(3)4)39-35(38-30)36-26-12-9-15-29(20-26)45-34(42)23(5)6/h7-17,20H,1,3,5,18-19H2,2,4,6H3,(H,36,37,38,39). The molecule has 0 atom stereocenters. The summed E-state index contributed by atoms with van der Waals surface area (Å²) in [6.45, 7) is 15.6. The summed E-state index contributed by atoms with van der Waals surface area (Å²) in [6.07, 6.45) is 0.602. The summed E-state index contributed by atoms with van der Waals surface area (Å²) in [7, 11) is 0. The summed E-state index contributed by atoms with van der Waals surface area (Å²) in [5, 5.41) is 3.16. The minimum Gasteiger partial charge on any atom is -0.423 e. The molecule has 0 aliphatic carbocycles. The van der Waals surface area contributed by atoms with Gasteiger partial charge in [0.2, 0.25) is 5.95 Å². The minimum atomic E-state index is -0.538. The Morgan fingerprint density at radius 1 is 0.600 bits per heavy atom. The van der Waals surface area contributed by atoms with Crippen LogP contribution in [0.25, 0.3) is 0 Å². The lowest BCUT2D eigenvalue weighted by Crippen LogP contribution is -2.11. The average molecular weight is 605 g/mol. The Bertz CT molecular complexity index is 1590. The molecule has 10 nitrogen and oxygen atoms in total. The lowest BCUT2D eigenvalue weighted by atomic mass is 10.1. The van der Waals surface area contributed by atoms with E-state index in [0.717, 1.165) is 11.1 Å². The van der Waals surface area contributed by atoms with Crippen molar-refractivity contribution in [3.63, 3.8) is 0 Å². The Balaban J connectivity index is 1.64. The van der Waals surface area contributed by atoms with Crippen LogP contribution in [0.1, 0.15) is 43.5 Å². The van der Waals surface area contributed by atoms with Crippen LogP contribution in [-0.2, 0) is 27.2 Å². The van der Waals surface area contributed by atoms with Crippen molar-refractivity contribution in [3.8, 4) is 17.2 Å². The smallest absolute Gasteiger partial charge is 0.338 e. The molecule has 0 spiro atoms. The molecule has 0 aliphatic heterocycles. The summed E-state index contributed by atoms with van der Waals surface area (Å²) < 4.78 is 16.1. The molecule has 0 saturated heterocycles. The number of hydrogen-bond acceptors (Lipinski definition) is 10. The normalized spacial score (nSPS) is 10.4. The predicted molar refractivity (Wildman–Crippen MR) is 169 cm³/mol. The van der Waals surface area contributed by atoms with Crippen molar-refractivity contribution in [2.24, 2.45) is 0 Å². The molecule has 4 aromatic rings. The number of nitrogens with one attached hydrogen (secondary N) is 1. The predicted octanol–water partition coefficient (Wildman–Crippen LogP) is 6.24. The zero-order valence-corrected chi connectivity index (χ0v) is 25.3. The highest BCUT2D eigenvalue weighted by molar-refractivity contribution is 5.89. The van der Waals surface area contributed by atoms with Gasteiger partial charge in [-0.25, -0.2) is 19.4 Å². The molecule has 1 aromatic heterocycles. The van der Waals surface area contributed by atoms with Crippen LogP contribution in [0.4, 0.5) is 11.6 Å². The summed E-state index contributed by atoms with van der Waals surface area (Å²) in [6, 6.07) is 20.9. The maximum absolute atomic E-state index is 12.0. The van der Waals surface area contributed by atoms with Crippen LogP contribution in [0.5, 0.6) is 17.2 Å². The number of carbonyl (C=O) groups is 3. The van der Waals surface area contributed by atoms with Crippen LogP contribution in [0.2, 0.25) is 0 Å². The SMILES string of the molecule is C=C(C)C(=O)Oc1cccc(Cc2nc(Cc3cccc(OC(=O)C(=C)C)c3)nc(Nc3cccc(OC(=O)C(=C)C)c3)n2)c1. The number of benzene rings is 3. The van der Waals surface area contributed by atoms with Crippen molar-refractivity contribution in [2.75, 3.05) is 5.32 Å². The van der Waals surface area contributed by atoms with Crippen molar-refractivity contribution in [1.29, 1.82) is 0 Å². The van der Waals surface area contributed by atoms with Crippen molar-refractivity contribution in [1.82, 2.24) is 15.0 Å². The molecule has 1 heterocycles. The molecule has 0 saturated carbocycles. The quantitative estimate of drug-likeness (QED) is 0.113. The van der Waals surface area contributed by atoms with Gasteiger partial charge >= 0.3 is 17.9 Å². The van der Waals surface area contributed by atoms with Gasteiger partial charge in [0, 0.05) is 41.3 Å². The Labute approximate surface area is 261 Å². The van der Waals surface area contributed by atoms with E-state index in [0.29, 0.717) is 47.4 Å². The molecule has 1 N–H and O–H groups in total. The molecule has 10 heteroatoms. The summed E-state index contributed by atoms with van der Waals surface area (Å²) in [5.74, 6) is 0.635. The lowest BCUT2D eigenvalue weighted by molar-refractivity contribution is -0.130. The molecule has 0 radical (unpaired) electrons. The van der Waals surface area contributed by atoms with Gasteiger partial charge in [-0.3, -0.25) is 0 Å². The Morgan fingerprint density at radius 2 is 1.00 bits per heavy atom. The summed E-state index contributed by atoms with van der Waals surface area (Å²) in [4.78, 5) is 50.0. The first-order valence-electron chi connectivity index (χ1n) is 13.9. The van der Waals surface area contributed by atoms with Crippen molar-refractivity contribution in [3.05, 3.63) is 132 Å². The third-order valence-electron chi connectivity index (χ3n) is 6.02. The van der Waals surface area contributed by atoms with Crippen LogP contribution in [0.3, 0.4) is 0 Å². The molecular formula is C35H32N4O6. The molecule has 228 valence electrons. The van der Waals surface area contributed by atoms with E-state index in [1.165, 1.54) is 0 Å². The molecule has 3 aromatic carbocycles. The molecule has 45 heavy (non-hydrogen) atoms. The van der Waals surface area contributed by atoms with E-state index in [-0.39, 0.29) is 22.7 Å². The number of esters is 3. The van der Waals surface area contributed by atoms with Gasteiger partial charge in [0.15, 0.2) is 0 Å². The van der Waals surface area contributed by atoms with Gasteiger partial charge in [-0.05, 0) is 68.3 Å². The van der Waals surface area contributed by atoms with Gasteiger partial charge in [0.1, 0.15) is 28.9 Å². The molecule has 0 fully saturated rings. The number of hydrogen-bond donors (Lipinski definition) is 1. The average Bonchev–Trinajstić information content (AvgIpc) is 2.97. The maximum atomic E-state index is 12.0. The first-order chi connectivity index (χ1) is 21.4. The van der Waals surface area contributed by atoms with Gasteiger partial charge in [-0.1, -0.05) is 50.1 Å². The zero-order valence-electron chi connectivity index (χ0n) is 25.3. The highest BCUT2D eigenvalue weighted by atomic mass is 16.5. The third-order valence-corrected chi connectivity index (χ3v) is 6.02. The molecule has 0 bridgehead atoms. The third kappa shape index (κ3) is 9.55. The molecule has 4 rings (SSSR count). The molecular weight excluding hydrogens is 572 g/mol. The van der Waals surface area contributed by atoms with Crippen molar-refractivity contribution >= 4 is 29.5 Å². The van der Waals surface area contributed by atoms with Crippen molar-refractivity contribution < 1.29 is 28.6 Å². The number of aromatic nitrogens is 3. The number of anilines is 2. The molecule has 0 aliphatic rings. The summed E-state index contributed by atoms with van der Waals surface area (Å²) in [5.41, 5.74) is 3.02. The highest BCUT2D eigenvalue weighted by Gasteiger charge is 2.13. The Morgan fingerprint density at radius 3 is 1.42 bits per heavy atom. The fraction of sp³-hybridized carbons (Fsp3) is 0.143. The van der Waals surface area contributed by atoms with E-state index in [1.807, 2.05) is 12.1 Å². The van der Waals surface area contributed by atoms with Crippen LogP contribution < -0.4 is 19.5 Å². The second-order valence-electron chi connectivity index (χ2n) is 10.3. The topological polar surface area (TPSA) is 130 Å². The second-order valence-corrected chi connectivity index (χ2v) is 10.3. The van der Waals surface area contributed by atoms with E-state index in [9.17, 15) is 14.4 Å². The number of nitrogens with zero attached hydrogens (tertiary/aromatic N) is 3. The first kappa shape index (κ1) is 32.0. The monoisotopic (exact) mass is 604 g/mol. The number of carbonyl (C=O) groups excluding carboxylic acids is 3. The molecule has 0 unspecified atom stereocenters. The lowest BCUT2D eigenvalue weighted by Gasteiger charge is -2.12. The van der Waals surface area contributed by atoms with Gasteiger partial charge in [0.25, 0.3) is 0 Å². The Hall–Kier alpha value is -5.90. The van der Waals surface area contributed by atoms with Gasteiger partial charge < -0.3 is 19.5 Å². The van der Waals surface area contributed by atoms with E-state index in [1.54, 1.807) is 81.4 Å². The fourth-order valence-corrected chi connectivity index (χ4v) is 3.83. The second kappa shape index (κ2) is 14.5. The van der Waals surface area contributed by atoms with Gasteiger partial charge in [-0.15, -0.1) is 0 Å². The van der Waals surface area contributed by atoms with Crippen molar-refractivity contribution in [2.45, 2.75) is 33.6 Å². The van der Waals surface area contributed by atoms with E-state index in [2.05, 4.69) is 35.0 Å². The molecule has 0 amide bonds. The van der Waals surface area contributed by atoms with Gasteiger partial charge in [0.05, 0.1) is 0 Å². The van der Waals surface area contributed by atoms with Crippen LogP contribution in [-0.4, -0.2) is 32.9 Å². The maximum Gasteiger partial charge on any atom is 0.338 e. The van der Waals surface area contributed by atoms with Crippen LogP contribution in [0, 0.1) is 0 Å².